The zero-order valence-corrected chi connectivity index (χ0v) is 18.0. The number of aliphatic hydroxyl groups excluding tert-OH is 1. The van der Waals surface area contributed by atoms with Crippen LogP contribution in [0, 0.1) is 0 Å². The molecule has 0 bridgehead atoms. The van der Waals surface area contributed by atoms with E-state index < -0.39 is 0 Å². The second-order valence-corrected chi connectivity index (χ2v) is 8.34. The molecule has 0 spiro atoms. The monoisotopic (exact) mass is 370 g/mol. The van der Waals surface area contributed by atoms with Gasteiger partial charge in [0.05, 0.1) is 28.3 Å². The van der Waals surface area contributed by atoms with Gasteiger partial charge in [-0.05, 0) is 32.1 Å². The topological polar surface area (TPSA) is 46.5 Å². The molecule has 0 aromatic carbocycles. The standard InChI is InChI=1S/C22H44NO3/c1-6-7-14-17-20(23(2,3)4)21(24)18-15-12-10-8-9-11-13-16-19-22(25)26-5/h12,15,20-21,24H,6-11,13-14,16-19H2,1-5H3/q+1/b15-12+. The molecule has 0 saturated heterocycles. The maximum Gasteiger partial charge on any atom is 0.305 e. The van der Waals surface area contributed by atoms with Gasteiger partial charge in [-0.1, -0.05) is 51.2 Å². The number of likely N-dealkylation sites (N-methyl/N-ethyl adjacent to an activating group) is 1. The molecule has 0 fully saturated rings. The number of rotatable bonds is 16. The quantitative estimate of drug-likeness (QED) is 0.183. The minimum Gasteiger partial charge on any atom is -0.469 e. The van der Waals surface area contributed by atoms with E-state index in [9.17, 15) is 9.90 Å². The van der Waals surface area contributed by atoms with Gasteiger partial charge in [-0.3, -0.25) is 4.79 Å². The first-order valence-electron chi connectivity index (χ1n) is 10.5. The molecule has 0 aliphatic heterocycles. The minimum atomic E-state index is -0.263. The molecule has 1 N–H and O–H groups in total. The van der Waals surface area contributed by atoms with Gasteiger partial charge < -0.3 is 14.3 Å². The average molecular weight is 371 g/mol. The van der Waals surface area contributed by atoms with Crippen LogP contribution in [0.1, 0.15) is 84.0 Å². The second-order valence-electron chi connectivity index (χ2n) is 8.34. The lowest BCUT2D eigenvalue weighted by molar-refractivity contribution is -0.900. The Morgan fingerprint density at radius 2 is 1.65 bits per heavy atom. The highest BCUT2D eigenvalue weighted by atomic mass is 16.5. The van der Waals surface area contributed by atoms with Crippen LogP contribution in [0.5, 0.6) is 0 Å². The molecular weight excluding hydrogens is 326 g/mol. The Balaban J connectivity index is 3.87. The Bertz CT molecular complexity index is 374. The number of ether oxygens (including phenoxy) is 1. The Kier molecular flexibility index (Phi) is 14.7. The summed E-state index contributed by atoms with van der Waals surface area (Å²) in [6.45, 7) is 2.22. The summed E-state index contributed by atoms with van der Waals surface area (Å²) in [7, 11) is 8.00. The van der Waals surface area contributed by atoms with Crippen molar-refractivity contribution in [1.82, 2.24) is 0 Å². The van der Waals surface area contributed by atoms with Crippen LogP contribution in [0.3, 0.4) is 0 Å². The average Bonchev–Trinajstić information content (AvgIpc) is 2.58. The van der Waals surface area contributed by atoms with Crippen molar-refractivity contribution in [3.63, 3.8) is 0 Å². The lowest BCUT2D eigenvalue weighted by Crippen LogP contribution is -2.51. The summed E-state index contributed by atoms with van der Waals surface area (Å²) < 4.78 is 5.46. The van der Waals surface area contributed by atoms with Crippen molar-refractivity contribution >= 4 is 5.97 Å². The fourth-order valence-electron chi connectivity index (χ4n) is 3.37. The molecule has 0 aliphatic carbocycles. The van der Waals surface area contributed by atoms with Gasteiger partial charge in [-0.15, -0.1) is 0 Å². The van der Waals surface area contributed by atoms with Crippen LogP contribution in [0.25, 0.3) is 0 Å². The van der Waals surface area contributed by atoms with Crippen molar-refractivity contribution in [2.45, 2.75) is 96.1 Å². The molecule has 2 unspecified atom stereocenters. The lowest BCUT2D eigenvalue weighted by Gasteiger charge is -2.37. The fourth-order valence-corrected chi connectivity index (χ4v) is 3.37. The Hall–Kier alpha value is -0.870. The van der Waals surface area contributed by atoms with Crippen molar-refractivity contribution < 1.29 is 19.1 Å². The summed E-state index contributed by atoms with van der Waals surface area (Å²) in [5.41, 5.74) is 0. The van der Waals surface area contributed by atoms with Gasteiger partial charge in [-0.25, -0.2) is 0 Å². The summed E-state index contributed by atoms with van der Waals surface area (Å²) in [6.07, 6.45) is 16.8. The summed E-state index contributed by atoms with van der Waals surface area (Å²) in [4.78, 5) is 11.0. The molecule has 4 heteroatoms. The van der Waals surface area contributed by atoms with Crippen LogP contribution in [0.2, 0.25) is 0 Å². The molecule has 0 aliphatic rings. The van der Waals surface area contributed by atoms with E-state index in [0.717, 1.165) is 36.6 Å². The number of unbranched alkanes of at least 4 members (excludes halogenated alkanes) is 7. The van der Waals surface area contributed by atoms with E-state index in [4.69, 9.17) is 0 Å². The number of carbonyl (C=O) groups excluding carboxylic acids is 1. The van der Waals surface area contributed by atoms with E-state index in [1.54, 1.807) is 0 Å². The zero-order chi connectivity index (χ0) is 19.8. The van der Waals surface area contributed by atoms with Crippen LogP contribution >= 0.6 is 0 Å². The Morgan fingerprint density at radius 1 is 1.00 bits per heavy atom. The number of nitrogens with zero attached hydrogens (tertiary/aromatic N) is 1. The molecule has 0 aromatic heterocycles. The van der Waals surface area contributed by atoms with Crippen molar-refractivity contribution in [1.29, 1.82) is 0 Å². The number of quaternary nitrogens is 1. The van der Waals surface area contributed by atoms with Crippen LogP contribution in [-0.4, -0.2) is 56.0 Å². The van der Waals surface area contributed by atoms with Crippen molar-refractivity contribution in [3.8, 4) is 0 Å². The maximum absolute atomic E-state index is 11.0. The molecule has 4 nitrogen and oxygen atoms in total. The molecular formula is C22H44NO3+. The van der Waals surface area contributed by atoms with Gasteiger partial charge in [0.2, 0.25) is 0 Å². The highest BCUT2D eigenvalue weighted by Gasteiger charge is 2.29. The smallest absolute Gasteiger partial charge is 0.305 e. The normalized spacial score (nSPS) is 14.5. The SMILES string of the molecule is CCCCCC(C(O)C/C=C/CCCCCCCC(=O)OC)[N+](C)(C)C. The van der Waals surface area contributed by atoms with Gasteiger partial charge in [0, 0.05) is 12.8 Å². The number of allylic oxidation sites excluding steroid dienone is 1. The third-order valence-electron chi connectivity index (χ3n) is 5.07. The largest absolute Gasteiger partial charge is 0.469 e. The highest BCUT2D eigenvalue weighted by Crippen LogP contribution is 2.19. The minimum absolute atomic E-state index is 0.103. The van der Waals surface area contributed by atoms with Crippen LogP contribution in [0.4, 0.5) is 0 Å². The molecule has 0 aromatic rings. The predicted molar refractivity (Wildman–Crippen MR) is 110 cm³/mol. The Labute approximate surface area is 162 Å². The third kappa shape index (κ3) is 13.3. The zero-order valence-electron chi connectivity index (χ0n) is 18.0. The van der Waals surface area contributed by atoms with Gasteiger partial charge in [-0.2, -0.15) is 0 Å². The van der Waals surface area contributed by atoms with Crippen LogP contribution in [-0.2, 0) is 9.53 Å². The molecule has 0 heterocycles. The van der Waals surface area contributed by atoms with Gasteiger partial charge >= 0.3 is 5.97 Å². The number of hydrogen-bond acceptors (Lipinski definition) is 3. The predicted octanol–water partition coefficient (Wildman–Crippen LogP) is 4.85. The van der Waals surface area contributed by atoms with E-state index in [-0.39, 0.29) is 12.1 Å². The number of esters is 1. The van der Waals surface area contributed by atoms with Gasteiger partial charge in [0.1, 0.15) is 12.1 Å². The van der Waals surface area contributed by atoms with Gasteiger partial charge in [0.25, 0.3) is 0 Å². The highest BCUT2D eigenvalue weighted by molar-refractivity contribution is 5.68. The first-order chi connectivity index (χ1) is 12.3. The molecule has 0 saturated carbocycles. The molecule has 0 amide bonds. The summed E-state index contributed by atoms with van der Waals surface area (Å²) in [5.74, 6) is -0.103. The van der Waals surface area contributed by atoms with E-state index >= 15 is 0 Å². The molecule has 0 radical (unpaired) electrons. The van der Waals surface area contributed by atoms with Crippen molar-refractivity contribution in [2.24, 2.45) is 0 Å². The van der Waals surface area contributed by atoms with E-state index in [1.807, 2.05) is 0 Å². The fraction of sp³-hybridized carbons (Fsp3) is 0.864. The summed E-state index contributed by atoms with van der Waals surface area (Å²) in [6, 6.07) is 0.306. The van der Waals surface area contributed by atoms with Gasteiger partial charge in [0.15, 0.2) is 0 Å². The lowest BCUT2D eigenvalue weighted by atomic mass is 9.98. The third-order valence-corrected chi connectivity index (χ3v) is 5.07. The van der Waals surface area contributed by atoms with E-state index in [2.05, 4.69) is 45.0 Å². The summed E-state index contributed by atoms with van der Waals surface area (Å²) >= 11 is 0. The van der Waals surface area contributed by atoms with E-state index in [1.165, 1.54) is 45.6 Å². The number of aliphatic hydroxyl groups is 1. The van der Waals surface area contributed by atoms with Crippen LogP contribution in [0.15, 0.2) is 12.2 Å². The molecule has 0 rings (SSSR count). The molecule has 2 atom stereocenters. The Morgan fingerprint density at radius 3 is 2.27 bits per heavy atom. The van der Waals surface area contributed by atoms with Crippen LogP contribution < -0.4 is 0 Å². The molecule has 154 valence electrons. The van der Waals surface area contributed by atoms with E-state index in [0.29, 0.717) is 12.5 Å². The molecule has 26 heavy (non-hydrogen) atoms. The van der Waals surface area contributed by atoms with Crippen molar-refractivity contribution in [2.75, 3.05) is 28.3 Å². The number of methoxy groups -OCH3 is 1. The first-order valence-corrected chi connectivity index (χ1v) is 10.5. The maximum atomic E-state index is 11.0. The number of carbonyl (C=O) groups is 1. The number of hydrogen-bond donors (Lipinski definition) is 1. The first kappa shape index (κ1) is 25.1. The second kappa shape index (κ2) is 15.2. The summed E-state index contributed by atoms with van der Waals surface area (Å²) in [5, 5.41) is 10.6. The van der Waals surface area contributed by atoms with Crippen molar-refractivity contribution in [3.05, 3.63) is 12.2 Å².